The number of benzene rings is 1. The number of rotatable bonds is 6. The van der Waals surface area contributed by atoms with Crippen LogP contribution in [0.15, 0.2) is 24.3 Å². The van der Waals surface area contributed by atoms with Crippen LogP contribution >= 0.6 is 11.3 Å². The van der Waals surface area contributed by atoms with Gasteiger partial charge in [0.25, 0.3) is 0 Å². The molecule has 1 atom stereocenters. The molecule has 2 aromatic rings. The van der Waals surface area contributed by atoms with Crippen molar-refractivity contribution in [1.82, 2.24) is 4.98 Å². The van der Waals surface area contributed by atoms with Crippen molar-refractivity contribution in [2.75, 3.05) is 6.54 Å². The zero-order valence-electron chi connectivity index (χ0n) is 13.2. The van der Waals surface area contributed by atoms with Gasteiger partial charge in [-0.2, -0.15) is 0 Å². The van der Waals surface area contributed by atoms with Crippen LogP contribution in [-0.4, -0.2) is 17.6 Å². The molecule has 0 aliphatic carbocycles. The molecule has 4 heteroatoms. The minimum Gasteiger partial charge on any atom is -0.491 e. The minimum atomic E-state index is 0.190. The van der Waals surface area contributed by atoms with Crippen molar-refractivity contribution in [3.8, 4) is 5.75 Å². The number of thiazole rings is 1. The molecule has 1 aromatic heterocycles. The van der Waals surface area contributed by atoms with E-state index in [1.54, 1.807) is 11.3 Å². The van der Waals surface area contributed by atoms with Gasteiger partial charge in [-0.15, -0.1) is 11.3 Å². The second-order valence-electron chi connectivity index (χ2n) is 5.64. The predicted molar refractivity (Wildman–Crippen MR) is 89.3 cm³/mol. The summed E-state index contributed by atoms with van der Waals surface area (Å²) in [5, 5.41) is 1.14. The first kappa shape index (κ1) is 16.0. The molecule has 0 saturated carbocycles. The summed E-state index contributed by atoms with van der Waals surface area (Å²) in [6.07, 6.45) is 1.09. The molecule has 0 bridgehead atoms. The van der Waals surface area contributed by atoms with Gasteiger partial charge in [0.05, 0.1) is 16.8 Å². The Morgan fingerprint density at radius 1 is 1.29 bits per heavy atom. The fraction of sp³-hybridized carbons (Fsp3) is 0.471. The second-order valence-corrected chi connectivity index (χ2v) is 6.88. The van der Waals surface area contributed by atoms with E-state index in [-0.39, 0.29) is 12.0 Å². The summed E-state index contributed by atoms with van der Waals surface area (Å²) in [5.41, 5.74) is 8.33. The summed E-state index contributed by atoms with van der Waals surface area (Å²) in [5.74, 6) is 1.20. The quantitative estimate of drug-likeness (QED) is 0.882. The average molecular weight is 304 g/mol. The van der Waals surface area contributed by atoms with Crippen LogP contribution in [0.1, 0.15) is 40.9 Å². The maximum atomic E-state index is 5.97. The normalized spacial score (nSPS) is 12.7. The highest BCUT2D eigenvalue weighted by Crippen LogP contribution is 2.27. The van der Waals surface area contributed by atoms with Gasteiger partial charge in [-0.3, -0.25) is 0 Å². The van der Waals surface area contributed by atoms with Crippen molar-refractivity contribution >= 4 is 11.3 Å². The van der Waals surface area contributed by atoms with E-state index < -0.39 is 0 Å². The monoisotopic (exact) mass is 304 g/mol. The Labute approximate surface area is 131 Å². The largest absolute Gasteiger partial charge is 0.491 e. The number of hydrogen-bond acceptors (Lipinski definition) is 4. The average Bonchev–Trinajstić information content (AvgIpc) is 2.75. The lowest BCUT2D eigenvalue weighted by Crippen LogP contribution is -2.15. The summed E-state index contributed by atoms with van der Waals surface area (Å²) < 4.78 is 5.75. The molecule has 0 amide bonds. The molecule has 1 unspecified atom stereocenters. The molecule has 0 fully saturated rings. The van der Waals surface area contributed by atoms with Crippen LogP contribution < -0.4 is 10.5 Å². The number of nitrogens with two attached hydrogens (primary N) is 1. The first-order chi connectivity index (χ1) is 9.99. The molecule has 1 heterocycles. The number of aromatic nitrogens is 1. The summed E-state index contributed by atoms with van der Waals surface area (Å²) in [7, 11) is 0. The number of ether oxygens (including phenoxy) is 1. The highest BCUT2D eigenvalue weighted by molar-refractivity contribution is 7.11. The first-order valence-electron chi connectivity index (χ1n) is 7.39. The topological polar surface area (TPSA) is 48.1 Å². The highest BCUT2D eigenvalue weighted by Gasteiger charge is 2.16. The molecule has 2 N–H and O–H groups in total. The van der Waals surface area contributed by atoms with Crippen LogP contribution in [0.25, 0.3) is 0 Å². The van der Waals surface area contributed by atoms with E-state index in [9.17, 15) is 0 Å². The molecular formula is C17H24N2OS. The van der Waals surface area contributed by atoms with Crippen molar-refractivity contribution in [3.63, 3.8) is 0 Å². The molecule has 0 radical (unpaired) electrons. The molecule has 0 saturated heterocycles. The molecule has 114 valence electrons. The number of aryl methyl sites for hydroxylation is 2. The van der Waals surface area contributed by atoms with Crippen molar-refractivity contribution in [3.05, 3.63) is 45.4 Å². The molecule has 0 spiro atoms. The second kappa shape index (κ2) is 7.05. The smallest absolute Gasteiger partial charge is 0.119 e. The highest BCUT2D eigenvalue weighted by atomic mass is 32.1. The Morgan fingerprint density at radius 3 is 2.62 bits per heavy atom. The van der Waals surface area contributed by atoms with Crippen LogP contribution in [0, 0.1) is 13.8 Å². The molecule has 0 aliphatic heterocycles. The Bertz CT molecular complexity index is 573. The van der Waals surface area contributed by atoms with Gasteiger partial charge in [0.1, 0.15) is 5.75 Å². The van der Waals surface area contributed by atoms with Crippen LogP contribution in [0.3, 0.4) is 0 Å². The molecule has 1 aromatic carbocycles. The third-order valence-electron chi connectivity index (χ3n) is 3.43. The Hall–Kier alpha value is -1.39. The lowest BCUT2D eigenvalue weighted by molar-refractivity contribution is 0.242. The van der Waals surface area contributed by atoms with Gasteiger partial charge in [0.2, 0.25) is 0 Å². The minimum absolute atomic E-state index is 0.190. The van der Waals surface area contributed by atoms with Crippen molar-refractivity contribution in [2.45, 2.75) is 46.1 Å². The number of hydrogen-bond donors (Lipinski definition) is 1. The Morgan fingerprint density at radius 2 is 2.05 bits per heavy atom. The molecule has 21 heavy (non-hydrogen) atoms. The lowest BCUT2D eigenvalue weighted by Gasteiger charge is -2.14. The van der Waals surface area contributed by atoms with Crippen molar-refractivity contribution in [1.29, 1.82) is 0 Å². The lowest BCUT2D eigenvalue weighted by atomic mass is 10.00. The standard InChI is InChI=1S/C17H24N2OS/c1-11(2)20-16-7-5-6-14(9-16)8-15(10-18)17-19-12(3)13(4)21-17/h5-7,9,11,15H,8,10,18H2,1-4H3. The zero-order chi connectivity index (χ0) is 15.4. The third kappa shape index (κ3) is 4.29. The van der Waals surface area contributed by atoms with Gasteiger partial charge in [0.15, 0.2) is 0 Å². The van der Waals surface area contributed by atoms with Gasteiger partial charge in [0, 0.05) is 17.3 Å². The summed E-state index contributed by atoms with van der Waals surface area (Å²) >= 11 is 1.76. The van der Waals surface area contributed by atoms with E-state index in [1.165, 1.54) is 10.4 Å². The van der Waals surface area contributed by atoms with E-state index in [0.29, 0.717) is 6.54 Å². The van der Waals surface area contributed by atoms with Crippen LogP contribution in [0.2, 0.25) is 0 Å². The van der Waals surface area contributed by atoms with E-state index in [0.717, 1.165) is 22.9 Å². The van der Waals surface area contributed by atoms with Gasteiger partial charge in [-0.05, 0) is 51.8 Å². The fourth-order valence-corrected chi connectivity index (χ4v) is 3.28. The van der Waals surface area contributed by atoms with E-state index in [1.807, 2.05) is 26.0 Å². The summed E-state index contributed by atoms with van der Waals surface area (Å²) in [6, 6.07) is 8.27. The summed E-state index contributed by atoms with van der Waals surface area (Å²) in [6.45, 7) is 8.86. The van der Waals surface area contributed by atoms with Gasteiger partial charge < -0.3 is 10.5 Å². The third-order valence-corrected chi connectivity index (χ3v) is 4.67. The molecular weight excluding hydrogens is 280 g/mol. The summed E-state index contributed by atoms with van der Waals surface area (Å²) in [4.78, 5) is 5.93. The SMILES string of the molecule is Cc1nc(C(CN)Cc2cccc(OC(C)C)c2)sc1C. The van der Waals surface area contributed by atoms with Crippen LogP contribution in [0.5, 0.6) is 5.75 Å². The maximum absolute atomic E-state index is 5.97. The van der Waals surface area contributed by atoms with Crippen LogP contribution in [-0.2, 0) is 6.42 Å². The van der Waals surface area contributed by atoms with E-state index in [2.05, 4.69) is 31.0 Å². The van der Waals surface area contributed by atoms with Crippen molar-refractivity contribution in [2.24, 2.45) is 5.73 Å². The molecule has 0 aliphatic rings. The predicted octanol–water partition coefficient (Wildman–Crippen LogP) is 3.83. The van der Waals surface area contributed by atoms with Gasteiger partial charge in [-0.1, -0.05) is 12.1 Å². The Balaban J connectivity index is 2.14. The van der Waals surface area contributed by atoms with E-state index in [4.69, 9.17) is 10.5 Å². The fourth-order valence-electron chi connectivity index (χ4n) is 2.25. The Kier molecular flexibility index (Phi) is 5.37. The first-order valence-corrected chi connectivity index (χ1v) is 8.20. The van der Waals surface area contributed by atoms with Gasteiger partial charge in [-0.25, -0.2) is 4.98 Å². The maximum Gasteiger partial charge on any atom is 0.119 e. The van der Waals surface area contributed by atoms with Crippen LogP contribution in [0.4, 0.5) is 0 Å². The number of nitrogens with zero attached hydrogens (tertiary/aromatic N) is 1. The van der Waals surface area contributed by atoms with E-state index >= 15 is 0 Å². The van der Waals surface area contributed by atoms with Gasteiger partial charge >= 0.3 is 0 Å². The molecule has 2 rings (SSSR count). The molecule has 3 nitrogen and oxygen atoms in total. The van der Waals surface area contributed by atoms with Crippen molar-refractivity contribution < 1.29 is 4.74 Å². The zero-order valence-corrected chi connectivity index (χ0v) is 14.0.